The van der Waals surface area contributed by atoms with Crippen molar-refractivity contribution in [2.75, 3.05) is 0 Å². The molecule has 0 aliphatic heterocycles. The number of hydrogen-bond acceptors (Lipinski definition) is 4. The molecule has 0 saturated heterocycles. The minimum Gasteiger partial charge on any atom is -0.361 e. The van der Waals surface area contributed by atoms with Crippen LogP contribution in [0.5, 0.6) is 0 Å². The molecule has 0 spiro atoms. The molecular weight excluding hydrogens is 402 g/mol. The van der Waals surface area contributed by atoms with Crippen LogP contribution in [0.15, 0.2) is 65.5 Å². The van der Waals surface area contributed by atoms with Gasteiger partial charge in [0.1, 0.15) is 6.04 Å². The third-order valence-electron chi connectivity index (χ3n) is 4.79. The second kappa shape index (κ2) is 8.63. The van der Waals surface area contributed by atoms with E-state index in [4.69, 9.17) is 0 Å². The maximum absolute atomic E-state index is 13.1. The molecule has 3 N–H and O–H groups in total. The summed E-state index contributed by atoms with van der Waals surface area (Å²) in [5.74, 6) is -0.426. The minimum atomic E-state index is -0.675. The van der Waals surface area contributed by atoms with Crippen LogP contribution < -0.4 is 10.6 Å². The van der Waals surface area contributed by atoms with E-state index in [2.05, 4.69) is 15.6 Å². The second-order valence-electron chi connectivity index (χ2n) is 6.81. The van der Waals surface area contributed by atoms with Crippen LogP contribution in [-0.2, 0) is 11.2 Å². The van der Waals surface area contributed by atoms with Crippen molar-refractivity contribution in [1.82, 2.24) is 15.6 Å². The van der Waals surface area contributed by atoms with Crippen molar-refractivity contribution in [2.24, 2.45) is 0 Å². The van der Waals surface area contributed by atoms with Gasteiger partial charge in [-0.15, -0.1) is 22.7 Å². The summed E-state index contributed by atoms with van der Waals surface area (Å²) in [6.45, 7) is 1.95. The van der Waals surface area contributed by atoms with Crippen LogP contribution in [-0.4, -0.2) is 22.8 Å². The maximum Gasteiger partial charge on any atom is 0.262 e. The molecule has 5 nitrogen and oxygen atoms in total. The largest absolute Gasteiger partial charge is 0.361 e. The number of aromatic amines is 1. The van der Waals surface area contributed by atoms with Crippen molar-refractivity contribution in [3.63, 3.8) is 0 Å². The molecule has 3 aromatic heterocycles. The number of nitrogens with one attached hydrogen (secondary N) is 3. The second-order valence-corrected chi connectivity index (χ2v) is 8.74. The van der Waals surface area contributed by atoms with Crippen molar-refractivity contribution in [3.05, 3.63) is 80.8 Å². The summed E-state index contributed by atoms with van der Waals surface area (Å²) in [7, 11) is 0. The molecule has 1 unspecified atom stereocenters. The van der Waals surface area contributed by atoms with Gasteiger partial charge in [-0.1, -0.05) is 30.3 Å². The molecule has 0 aliphatic carbocycles. The lowest BCUT2D eigenvalue weighted by atomic mass is 10.0. The molecule has 0 bridgehead atoms. The van der Waals surface area contributed by atoms with Gasteiger partial charge in [-0.3, -0.25) is 9.59 Å². The highest BCUT2D eigenvalue weighted by atomic mass is 32.1. The standard InChI is InChI=1S/C22H21N3O2S2/c1-14(19-8-4-10-28-19)24-21(26)18(25-22(27)20-9-5-11-29-20)12-15-13-23-17-7-3-2-6-16(15)17/h2-11,13-14,18,23H,12H2,1H3,(H,24,26)(H,25,27)/t14?,18-/m0/s1. The Balaban J connectivity index is 1.56. The van der Waals surface area contributed by atoms with E-state index in [1.807, 2.05) is 66.3 Å². The van der Waals surface area contributed by atoms with Crippen molar-refractivity contribution in [2.45, 2.75) is 25.4 Å². The third-order valence-corrected chi connectivity index (χ3v) is 6.72. The number of carbonyl (C=O) groups is 2. The van der Waals surface area contributed by atoms with E-state index >= 15 is 0 Å². The van der Waals surface area contributed by atoms with Gasteiger partial charge in [0.15, 0.2) is 0 Å². The minimum absolute atomic E-state index is 0.119. The van der Waals surface area contributed by atoms with Crippen LogP contribution in [0.1, 0.15) is 33.1 Å². The van der Waals surface area contributed by atoms with Gasteiger partial charge < -0.3 is 15.6 Å². The molecule has 0 saturated carbocycles. The van der Waals surface area contributed by atoms with Gasteiger partial charge >= 0.3 is 0 Å². The summed E-state index contributed by atoms with van der Waals surface area (Å²) >= 11 is 2.96. The molecule has 1 aromatic carbocycles. The monoisotopic (exact) mass is 423 g/mol. The molecule has 0 radical (unpaired) electrons. The van der Waals surface area contributed by atoms with Crippen LogP contribution in [0.4, 0.5) is 0 Å². The Hall–Kier alpha value is -2.90. The van der Waals surface area contributed by atoms with Gasteiger partial charge in [-0.2, -0.15) is 0 Å². The van der Waals surface area contributed by atoms with E-state index in [0.717, 1.165) is 21.3 Å². The molecule has 4 aromatic rings. The van der Waals surface area contributed by atoms with Gasteiger partial charge in [0.2, 0.25) is 5.91 Å². The topological polar surface area (TPSA) is 74.0 Å². The van der Waals surface area contributed by atoms with Crippen LogP contribution in [0.3, 0.4) is 0 Å². The van der Waals surface area contributed by atoms with Gasteiger partial charge in [0.05, 0.1) is 10.9 Å². The molecule has 2 atom stereocenters. The molecule has 4 rings (SSSR count). The number of rotatable bonds is 7. The molecule has 148 valence electrons. The van der Waals surface area contributed by atoms with E-state index in [1.54, 1.807) is 17.4 Å². The van der Waals surface area contributed by atoms with E-state index in [-0.39, 0.29) is 17.9 Å². The Kier molecular flexibility index (Phi) is 5.78. The van der Waals surface area contributed by atoms with Crippen molar-refractivity contribution < 1.29 is 9.59 Å². The summed E-state index contributed by atoms with van der Waals surface area (Å²) < 4.78 is 0. The van der Waals surface area contributed by atoms with E-state index in [9.17, 15) is 9.59 Å². The van der Waals surface area contributed by atoms with Gasteiger partial charge in [-0.25, -0.2) is 0 Å². The lowest BCUT2D eigenvalue weighted by Crippen LogP contribution is -2.48. The van der Waals surface area contributed by atoms with Crippen molar-refractivity contribution >= 4 is 45.4 Å². The highest BCUT2D eigenvalue weighted by Gasteiger charge is 2.25. The number of amides is 2. The van der Waals surface area contributed by atoms with Crippen LogP contribution >= 0.6 is 22.7 Å². The highest BCUT2D eigenvalue weighted by molar-refractivity contribution is 7.12. The van der Waals surface area contributed by atoms with Crippen molar-refractivity contribution in [3.8, 4) is 0 Å². The Morgan fingerprint density at radius 1 is 1.00 bits per heavy atom. The fraction of sp³-hybridized carbons (Fsp3) is 0.182. The molecule has 0 fully saturated rings. The number of hydrogen-bond donors (Lipinski definition) is 3. The van der Waals surface area contributed by atoms with E-state index < -0.39 is 6.04 Å². The normalized spacial score (nSPS) is 13.1. The molecule has 29 heavy (non-hydrogen) atoms. The third kappa shape index (κ3) is 4.41. The Bertz CT molecular complexity index is 1100. The number of thiophene rings is 2. The molecule has 7 heteroatoms. The summed E-state index contributed by atoms with van der Waals surface area (Å²) in [6.07, 6.45) is 2.31. The molecular formula is C22H21N3O2S2. The average molecular weight is 424 g/mol. The zero-order chi connectivity index (χ0) is 20.2. The number of H-pyrrole nitrogens is 1. The summed E-state index contributed by atoms with van der Waals surface area (Å²) in [4.78, 5) is 30.6. The zero-order valence-corrected chi connectivity index (χ0v) is 17.5. The number of fused-ring (bicyclic) bond motifs is 1. The van der Waals surface area contributed by atoms with Crippen LogP contribution in [0.25, 0.3) is 10.9 Å². The lowest BCUT2D eigenvalue weighted by molar-refractivity contribution is -0.123. The predicted molar refractivity (Wildman–Crippen MR) is 118 cm³/mol. The SMILES string of the molecule is CC(NC(=O)[C@H](Cc1c[nH]c2ccccc12)NC(=O)c1cccs1)c1cccs1. The van der Waals surface area contributed by atoms with Crippen LogP contribution in [0, 0.1) is 0 Å². The highest BCUT2D eigenvalue weighted by Crippen LogP contribution is 2.21. The summed E-state index contributed by atoms with van der Waals surface area (Å²) in [5, 5.41) is 10.9. The quantitative estimate of drug-likeness (QED) is 0.409. The summed E-state index contributed by atoms with van der Waals surface area (Å²) in [6, 6.07) is 14.7. The zero-order valence-electron chi connectivity index (χ0n) is 15.8. The first-order valence-corrected chi connectivity index (χ1v) is 11.1. The molecule has 2 amide bonds. The van der Waals surface area contributed by atoms with Crippen molar-refractivity contribution in [1.29, 1.82) is 0 Å². The number of benzene rings is 1. The first kappa shape index (κ1) is 19.4. The molecule has 3 heterocycles. The fourth-order valence-electron chi connectivity index (χ4n) is 3.29. The Labute approximate surface area is 176 Å². The summed E-state index contributed by atoms with van der Waals surface area (Å²) in [5.41, 5.74) is 2.01. The number of carbonyl (C=O) groups excluding carboxylic acids is 2. The first-order valence-electron chi connectivity index (χ1n) is 9.35. The van der Waals surface area contributed by atoms with Gasteiger partial charge in [-0.05, 0) is 41.4 Å². The van der Waals surface area contributed by atoms with Gasteiger partial charge in [0, 0.05) is 28.4 Å². The van der Waals surface area contributed by atoms with Crippen LogP contribution in [0.2, 0.25) is 0 Å². The fourth-order valence-corrected chi connectivity index (χ4v) is 4.65. The smallest absolute Gasteiger partial charge is 0.262 e. The molecule has 0 aliphatic rings. The predicted octanol–water partition coefficient (Wildman–Crippen LogP) is 4.51. The lowest BCUT2D eigenvalue weighted by Gasteiger charge is -2.21. The number of aromatic nitrogens is 1. The Morgan fingerprint density at radius 3 is 2.55 bits per heavy atom. The van der Waals surface area contributed by atoms with Gasteiger partial charge in [0.25, 0.3) is 5.91 Å². The maximum atomic E-state index is 13.1. The Morgan fingerprint density at radius 2 is 1.79 bits per heavy atom. The number of para-hydroxylation sites is 1. The van der Waals surface area contributed by atoms with E-state index in [0.29, 0.717) is 11.3 Å². The average Bonchev–Trinajstić information content (AvgIpc) is 3.48. The first-order chi connectivity index (χ1) is 14.1. The van der Waals surface area contributed by atoms with E-state index in [1.165, 1.54) is 11.3 Å².